The molecule has 13 heteroatoms. The van der Waals surface area contributed by atoms with E-state index in [2.05, 4.69) is 73.5 Å². The highest BCUT2D eigenvalue weighted by atomic mass is 35.5. The minimum atomic E-state index is -3.47. The summed E-state index contributed by atoms with van der Waals surface area (Å²) in [5.74, 6) is 0.492. The van der Waals surface area contributed by atoms with Crippen molar-refractivity contribution in [3.05, 3.63) is 124 Å². The van der Waals surface area contributed by atoms with Gasteiger partial charge in [-0.2, -0.15) is 12.7 Å². The number of rotatable bonds is 6. The van der Waals surface area contributed by atoms with Gasteiger partial charge in [0.2, 0.25) is 0 Å². The highest BCUT2D eigenvalue weighted by Crippen LogP contribution is 2.53. The first-order valence-corrected chi connectivity index (χ1v) is 20.9. The van der Waals surface area contributed by atoms with Gasteiger partial charge in [0.1, 0.15) is 5.69 Å². The Hall–Kier alpha value is -4.39. The maximum absolute atomic E-state index is 14.8. The van der Waals surface area contributed by atoms with Crippen LogP contribution in [0.15, 0.2) is 96.3 Å². The summed E-state index contributed by atoms with van der Waals surface area (Å²) in [6.45, 7) is 2.24. The molecule has 0 radical (unpaired) electrons. The number of H-pyrrole nitrogens is 1. The predicted molar refractivity (Wildman–Crippen MR) is 216 cm³/mol. The molecule has 2 fully saturated rings. The first-order chi connectivity index (χ1) is 26.3. The molecule has 278 valence electrons. The minimum Gasteiger partial charge on any atom is -0.355 e. The van der Waals surface area contributed by atoms with Crippen molar-refractivity contribution in [1.82, 2.24) is 23.9 Å². The molecule has 5 aliphatic rings. The second-order valence-corrected chi connectivity index (χ2v) is 17.1. The van der Waals surface area contributed by atoms with E-state index in [4.69, 9.17) is 28.2 Å². The lowest BCUT2D eigenvalue weighted by molar-refractivity contribution is 0.102. The number of halogens is 2. The number of pyridine rings is 1. The molecular weight excluding hydrogens is 741 g/mol. The minimum absolute atomic E-state index is 0.0779. The van der Waals surface area contributed by atoms with E-state index in [1.165, 1.54) is 5.57 Å². The topological polar surface area (TPSA) is 114 Å². The Kier molecular flexibility index (Phi) is 9.39. The number of benzene rings is 2. The van der Waals surface area contributed by atoms with Gasteiger partial charge in [-0.3, -0.25) is 4.79 Å². The lowest BCUT2D eigenvalue weighted by Gasteiger charge is -2.42. The molecule has 0 saturated carbocycles. The lowest BCUT2D eigenvalue weighted by atomic mass is 9.80. The van der Waals surface area contributed by atoms with E-state index in [0.717, 1.165) is 64.0 Å². The Morgan fingerprint density at radius 3 is 2.63 bits per heavy atom. The summed E-state index contributed by atoms with van der Waals surface area (Å²) >= 11 is 13.3. The van der Waals surface area contributed by atoms with E-state index in [9.17, 15) is 13.2 Å². The van der Waals surface area contributed by atoms with Gasteiger partial charge in [0.25, 0.3) is 16.1 Å². The van der Waals surface area contributed by atoms with Gasteiger partial charge < -0.3 is 20.1 Å². The molecule has 0 bridgehead atoms. The van der Waals surface area contributed by atoms with Crippen LogP contribution in [0.3, 0.4) is 0 Å². The number of nitrogens with one attached hydrogen (secondary N) is 3. The van der Waals surface area contributed by atoms with Crippen LogP contribution < -0.4 is 14.9 Å². The van der Waals surface area contributed by atoms with Crippen molar-refractivity contribution in [2.75, 3.05) is 36.4 Å². The number of carbonyl (C=O) groups is 1. The van der Waals surface area contributed by atoms with E-state index in [0.29, 0.717) is 61.2 Å². The summed E-state index contributed by atoms with van der Waals surface area (Å²) in [7, 11) is -3.47. The summed E-state index contributed by atoms with van der Waals surface area (Å²) < 4.78 is 29.8. The van der Waals surface area contributed by atoms with Crippen molar-refractivity contribution >= 4 is 73.0 Å². The van der Waals surface area contributed by atoms with E-state index < -0.39 is 10.2 Å². The largest absolute Gasteiger partial charge is 0.355 e. The van der Waals surface area contributed by atoms with Gasteiger partial charge in [-0.25, -0.2) is 9.71 Å². The fourth-order valence-corrected chi connectivity index (χ4v) is 10.8. The predicted octanol–water partition coefficient (Wildman–Crippen LogP) is 8.21. The summed E-state index contributed by atoms with van der Waals surface area (Å²) in [5.41, 5.74) is 7.06. The summed E-state index contributed by atoms with van der Waals surface area (Å²) in [5, 5.41) is 5.56. The second-order valence-electron chi connectivity index (χ2n) is 14.5. The number of carbonyl (C=O) groups excluding carboxylic acids is 1. The van der Waals surface area contributed by atoms with Crippen LogP contribution in [0, 0.1) is 5.92 Å². The van der Waals surface area contributed by atoms with Crippen LogP contribution in [0.25, 0.3) is 22.2 Å². The Labute approximate surface area is 325 Å². The number of piperidine rings is 1. The van der Waals surface area contributed by atoms with Crippen molar-refractivity contribution in [2.24, 2.45) is 5.92 Å². The molecule has 1 aliphatic carbocycles. The van der Waals surface area contributed by atoms with E-state index in [-0.39, 0.29) is 23.9 Å². The molecule has 2 aromatic heterocycles. The molecule has 4 aromatic rings. The first-order valence-electron chi connectivity index (χ1n) is 18.7. The number of hydrogen-bond donors (Lipinski definition) is 3. The number of hydrogen-bond acceptors (Lipinski definition) is 6. The molecule has 9 rings (SSSR count). The number of aromatic amines is 1. The number of nitrogens with zero attached hydrogens (tertiary/aromatic N) is 4. The van der Waals surface area contributed by atoms with Crippen molar-refractivity contribution in [1.29, 1.82) is 0 Å². The van der Waals surface area contributed by atoms with Crippen LogP contribution in [-0.2, 0) is 10.2 Å². The third-order valence-corrected chi connectivity index (χ3v) is 13.5. The Morgan fingerprint density at radius 1 is 1.02 bits per heavy atom. The van der Waals surface area contributed by atoms with Crippen LogP contribution in [0.4, 0.5) is 11.5 Å². The number of allylic oxidation sites excluding steroid dienone is 5. The lowest BCUT2D eigenvalue weighted by Crippen LogP contribution is -2.54. The zero-order valence-corrected chi connectivity index (χ0v) is 32.0. The van der Waals surface area contributed by atoms with Crippen LogP contribution in [0.1, 0.15) is 71.7 Å². The van der Waals surface area contributed by atoms with Crippen molar-refractivity contribution in [3.8, 4) is 0 Å². The van der Waals surface area contributed by atoms with Crippen molar-refractivity contribution in [2.45, 2.75) is 50.6 Å². The zero-order valence-electron chi connectivity index (χ0n) is 29.6. The van der Waals surface area contributed by atoms with Gasteiger partial charge in [-0.05, 0) is 85.6 Å². The van der Waals surface area contributed by atoms with Gasteiger partial charge >= 0.3 is 0 Å². The Morgan fingerprint density at radius 2 is 1.85 bits per heavy atom. The van der Waals surface area contributed by atoms with Gasteiger partial charge in [0, 0.05) is 77.1 Å². The van der Waals surface area contributed by atoms with Crippen LogP contribution in [0.2, 0.25) is 5.02 Å². The Bertz CT molecular complexity index is 2360. The van der Waals surface area contributed by atoms with Crippen LogP contribution >= 0.6 is 23.2 Å². The summed E-state index contributed by atoms with van der Waals surface area (Å²) in [6, 6.07) is 17.9. The van der Waals surface area contributed by atoms with Crippen molar-refractivity contribution in [3.63, 3.8) is 0 Å². The highest BCUT2D eigenvalue weighted by molar-refractivity contribution is 7.87. The van der Waals surface area contributed by atoms with Gasteiger partial charge in [-0.1, -0.05) is 71.8 Å². The molecule has 0 spiro atoms. The average Bonchev–Trinajstić information content (AvgIpc) is 3.42. The van der Waals surface area contributed by atoms with E-state index >= 15 is 0 Å². The standard InChI is InChI=1S/C41H41Cl2N7O3S/c42-28-14-12-27(13-15-28)38-32-24-29(43)25-34-35(32)36(39-31(10-4-5-20-49(38)39)26-8-2-1-3-9-26)37(46-34)41(51)47-33-11-6-18-44-40(33)48-22-16-30(17-23-48)50-21-7-19-45-54(50,52)53/h1-3,5-6,8-9,11-12,14-15,18,20,24-25,27,30,38,45-46H,4,7,10,13,16-17,19,21-23H2,(H,47,51). The third kappa shape index (κ3) is 6.35. The monoisotopic (exact) mass is 781 g/mol. The van der Waals surface area contributed by atoms with Crippen LogP contribution in [-0.4, -0.2) is 65.7 Å². The number of anilines is 2. The maximum Gasteiger partial charge on any atom is 0.279 e. The van der Waals surface area contributed by atoms with Gasteiger partial charge in [0.05, 0.1) is 17.4 Å². The normalized spacial score (nSPS) is 23.0. The molecule has 2 aromatic carbocycles. The van der Waals surface area contributed by atoms with Crippen molar-refractivity contribution < 1.29 is 13.2 Å². The van der Waals surface area contributed by atoms with Gasteiger partial charge in [0.15, 0.2) is 5.82 Å². The van der Waals surface area contributed by atoms with E-state index in [1.807, 2.05) is 36.4 Å². The fourth-order valence-electron chi connectivity index (χ4n) is 8.91. The molecule has 1 amide bonds. The zero-order chi connectivity index (χ0) is 37.0. The smallest absolute Gasteiger partial charge is 0.279 e. The fraction of sp³-hybridized carbons (Fsp3) is 0.317. The molecule has 2 saturated heterocycles. The van der Waals surface area contributed by atoms with Gasteiger partial charge in [-0.15, -0.1) is 0 Å². The summed E-state index contributed by atoms with van der Waals surface area (Å²) in [4.78, 5) is 27.5. The molecule has 2 atom stereocenters. The first kappa shape index (κ1) is 35.3. The van der Waals surface area contributed by atoms with E-state index in [1.54, 1.807) is 10.5 Å². The maximum atomic E-state index is 14.8. The third-order valence-electron chi connectivity index (χ3n) is 11.3. The number of amides is 1. The molecule has 10 nitrogen and oxygen atoms in total. The SMILES string of the molecule is O=C(Nc1cccnc1N1CCC(N2CCCNS2(=O)=O)CC1)c1[nH]c2cc(Cl)cc3c2c1C1=C(c2ccccc2)CCC=CN1C3C1C=CC(Cl)=CC1. The summed E-state index contributed by atoms with van der Waals surface area (Å²) in [6.07, 6.45) is 16.9. The second kappa shape index (κ2) is 14.4. The molecular formula is C41H41Cl2N7O3S. The van der Waals surface area contributed by atoms with Crippen LogP contribution in [0.5, 0.6) is 0 Å². The quantitative estimate of drug-likeness (QED) is 0.182. The molecule has 6 heterocycles. The Balaban J connectivity index is 1.12. The average molecular weight is 783 g/mol. The molecule has 54 heavy (non-hydrogen) atoms. The molecule has 2 unspecified atom stereocenters. The number of aromatic nitrogens is 2. The molecule has 4 aliphatic heterocycles. The molecule has 3 N–H and O–H groups in total. The number of fused-ring (bicyclic) bond motifs is 2. The highest BCUT2D eigenvalue weighted by Gasteiger charge is 2.41.